The van der Waals surface area contributed by atoms with E-state index in [2.05, 4.69) is 26.1 Å². The van der Waals surface area contributed by atoms with Gasteiger partial charge in [-0.2, -0.15) is 0 Å². The summed E-state index contributed by atoms with van der Waals surface area (Å²) in [6.07, 6.45) is 7.14. The van der Waals surface area contributed by atoms with Crippen molar-refractivity contribution >= 4 is 0 Å². The lowest BCUT2D eigenvalue weighted by atomic mass is 9.65. The number of rotatable bonds is 2. The van der Waals surface area contributed by atoms with Crippen LogP contribution < -0.4 is 5.32 Å². The van der Waals surface area contributed by atoms with Crippen molar-refractivity contribution in [2.24, 2.45) is 11.3 Å². The molecule has 0 aromatic heterocycles. The minimum Gasteiger partial charge on any atom is -0.311 e. The molecule has 2 fully saturated rings. The summed E-state index contributed by atoms with van der Waals surface area (Å²) in [6.45, 7) is 7.12. The van der Waals surface area contributed by atoms with Crippen LogP contribution in [0.25, 0.3) is 0 Å². The summed E-state index contributed by atoms with van der Waals surface area (Å²) in [5.41, 5.74) is 0.539. The molecule has 13 heavy (non-hydrogen) atoms. The summed E-state index contributed by atoms with van der Waals surface area (Å²) in [5.74, 6) is 0.963. The molecule has 0 aliphatic heterocycles. The van der Waals surface area contributed by atoms with Gasteiger partial charge >= 0.3 is 0 Å². The summed E-state index contributed by atoms with van der Waals surface area (Å²) < 4.78 is 0. The fraction of sp³-hybridized carbons (Fsp3) is 1.00. The van der Waals surface area contributed by atoms with Crippen LogP contribution in [0.2, 0.25) is 0 Å². The van der Waals surface area contributed by atoms with E-state index in [1.54, 1.807) is 0 Å². The van der Waals surface area contributed by atoms with E-state index in [0.717, 1.165) is 18.0 Å². The van der Waals surface area contributed by atoms with Gasteiger partial charge in [0.1, 0.15) is 0 Å². The van der Waals surface area contributed by atoms with Crippen LogP contribution in [0.1, 0.15) is 52.9 Å². The molecule has 0 spiro atoms. The molecule has 1 N–H and O–H groups in total. The van der Waals surface area contributed by atoms with Gasteiger partial charge in [-0.3, -0.25) is 0 Å². The number of nitrogens with one attached hydrogen (secondary N) is 1. The van der Waals surface area contributed by atoms with Crippen LogP contribution in [0, 0.1) is 11.3 Å². The Morgan fingerprint density at radius 1 is 1.00 bits per heavy atom. The Kier molecular flexibility index (Phi) is 2.39. The smallest absolute Gasteiger partial charge is 0.00753 e. The Balaban J connectivity index is 1.66. The average Bonchev–Trinajstić information content (AvgIpc) is 1.76. The monoisotopic (exact) mass is 181 g/mol. The van der Waals surface area contributed by atoms with E-state index >= 15 is 0 Å². The van der Waals surface area contributed by atoms with Gasteiger partial charge in [-0.1, -0.05) is 27.2 Å². The van der Waals surface area contributed by atoms with Gasteiger partial charge in [0.05, 0.1) is 0 Å². The summed E-state index contributed by atoms with van der Waals surface area (Å²) >= 11 is 0. The highest BCUT2D eigenvalue weighted by Crippen LogP contribution is 2.42. The van der Waals surface area contributed by atoms with E-state index < -0.39 is 0 Å². The van der Waals surface area contributed by atoms with Gasteiger partial charge in [0.25, 0.3) is 0 Å². The molecular formula is C12H23N. The standard InChI is InChI=1S/C12H23N/c1-12(2,3)9-7-11(8-9)13-10-5-4-6-10/h9-11,13H,4-8H2,1-3H3. The van der Waals surface area contributed by atoms with Crippen LogP contribution in [0.5, 0.6) is 0 Å². The van der Waals surface area contributed by atoms with Gasteiger partial charge in [0.2, 0.25) is 0 Å². The quantitative estimate of drug-likeness (QED) is 0.690. The van der Waals surface area contributed by atoms with Crippen LogP contribution in [0.15, 0.2) is 0 Å². The Bertz CT molecular complexity index is 170. The zero-order valence-corrected chi connectivity index (χ0v) is 9.27. The molecule has 0 unspecified atom stereocenters. The maximum absolute atomic E-state index is 3.75. The highest BCUT2D eigenvalue weighted by molar-refractivity contribution is 4.93. The van der Waals surface area contributed by atoms with Crippen LogP contribution in [-0.4, -0.2) is 12.1 Å². The van der Waals surface area contributed by atoms with Crippen molar-refractivity contribution in [2.45, 2.75) is 65.0 Å². The Hall–Kier alpha value is -0.0400. The van der Waals surface area contributed by atoms with Crippen LogP contribution in [0.4, 0.5) is 0 Å². The first-order valence-electron chi connectivity index (χ1n) is 5.82. The second kappa shape index (κ2) is 3.27. The van der Waals surface area contributed by atoms with Gasteiger partial charge in [-0.25, -0.2) is 0 Å². The van der Waals surface area contributed by atoms with Crippen molar-refractivity contribution in [3.63, 3.8) is 0 Å². The van der Waals surface area contributed by atoms with Gasteiger partial charge in [-0.05, 0) is 37.0 Å². The van der Waals surface area contributed by atoms with Crippen molar-refractivity contribution in [1.82, 2.24) is 5.32 Å². The number of hydrogen-bond donors (Lipinski definition) is 1. The predicted molar refractivity (Wildman–Crippen MR) is 56.7 cm³/mol. The molecular weight excluding hydrogens is 158 g/mol. The van der Waals surface area contributed by atoms with E-state index in [9.17, 15) is 0 Å². The molecule has 0 saturated heterocycles. The first kappa shape index (κ1) is 9.51. The summed E-state index contributed by atoms with van der Waals surface area (Å²) in [4.78, 5) is 0. The van der Waals surface area contributed by atoms with Gasteiger partial charge in [0.15, 0.2) is 0 Å². The van der Waals surface area contributed by atoms with E-state index in [1.807, 2.05) is 0 Å². The van der Waals surface area contributed by atoms with Crippen molar-refractivity contribution in [3.8, 4) is 0 Å². The van der Waals surface area contributed by atoms with Gasteiger partial charge in [0, 0.05) is 12.1 Å². The van der Waals surface area contributed by atoms with E-state index in [4.69, 9.17) is 0 Å². The maximum atomic E-state index is 3.75. The molecule has 0 amide bonds. The SMILES string of the molecule is CC(C)(C)C1CC(NC2CCC2)C1. The molecule has 0 radical (unpaired) electrons. The predicted octanol–water partition coefficient (Wildman–Crippen LogP) is 2.95. The Labute approximate surface area is 82.3 Å². The van der Waals surface area contributed by atoms with Crippen LogP contribution in [-0.2, 0) is 0 Å². The van der Waals surface area contributed by atoms with E-state index in [1.165, 1.54) is 32.1 Å². The summed E-state index contributed by atoms with van der Waals surface area (Å²) in [5, 5.41) is 3.75. The zero-order valence-electron chi connectivity index (χ0n) is 9.27. The third-order valence-electron chi connectivity index (χ3n) is 3.94. The van der Waals surface area contributed by atoms with E-state index in [0.29, 0.717) is 5.41 Å². The summed E-state index contributed by atoms with van der Waals surface area (Å²) in [7, 11) is 0. The highest BCUT2D eigenvalue weighted by Gasteiger charge is 2.38. The molecule has 2 rings (SSSR count). The normalized spacial score (nSPS) is 35.3. The first-order chi connectivity index (χ1) is 6.05. The largest absolute Gasteiger partial charge is 0.311 e. The van der Waals surface area contributed by atoms with Crippen molar-refractivity contribution < 1.29 is 0 Å². The zero-order chi connectivity index (χ0) is 9.47. The van der Waals surface area contributed by atoms with Crippen molar-refractivity contribution in [3.05, 3.63) is 0 Å². The molecule has 0 heterocycles. The minimum absolute atomic E-state index is 0.539. The molecule has 1 heteroatoms. The second-order valence-corrected chi connectivity index (χ2v) is 6.03. The third kappa shape index (κ3) is 2.07. The highest BCUT2D eigenvalue weighted by atomic mass is 15.0. The minimum atomic E-state index is 0.539. The lowest BCUT2D eigenvalue weighted by Gasteiger charge is -2.46. The lowest BCUT2D eigenvalue weighted by Crippen LogP contribution is -2.51. The lowest BCUT2D eigenvalue weighted by molar-refractivity contribution is 0.0839. The first-order valence-corrected chi connectivity index (χ1v) is 5.82. The Morgan fingerprint density at radius 3 is 2.00 bits per heavy atom. The molecule has 76 valence electrons. The fourth-order valence-corrected chi connectivity index (χ4v) is 2.37. The number of hydrogen-bond acceptors (Lipinski definition) is 1. The molecule has 2 aliphatic carbocycles. The molecule has 0 aromatic carbocycles. The van der Waals surface area contributed by atoms with Crippen LogP contribution >= 0.6 is 0 Å². The molecule has 1 nitrogen and oxygen atoms in total. The topological polar surface area (TPSA) is 12.0 Å². The summed E-state index contributed by atoms with van der Waals surface area (Å²) in [6, 6.07) is 1.74. The molecule has 2 saturated carbocycles. The molecule has 2 aliphatic rings. The van der Waals surface area contributed by atoms with Crippen molar-refractivity contribution in [1.29, 1.82) is 0 Å². The average molecular weight is 181 g/mol. The van der Waals surface area contributed by atoms with Gasteiger partial charge in [-0.15, -0.1) is 0 Å². The second-order valence-electron chi connectivity index (χ2n) is 6.03. The fourth-order valence-electron chi connectivity index (χ4n) is 2.37. The van der Waals surface area contributed by atoms with Crippen LogP contribution in [0.3, 0.4) is 0 Å². The molecule has 0 aromatic rings. The van der Waals surface area contributed by atoms with Gasteiger partial charge < -0.3 is 5.32 Å². The maximum Gasteiger partial charge on any atom is 0.00753 e. The molecule has 0 bridgehead atoms. The Morgan fingerprint density at radius 2 is 1.62 bits per heavy atom. The van der Waals surface area contributed by atoms with Crippen molar-refractivity contribution in [2.75, 3.05) is 0 Å². The third-order valence-corrected chi connectivity index (χ3v) is 3.94. The van der Waals surface area contributed by atoms with E-state index in [-0.39, 0.29) is 0 Å². The molecule has 0 atom stereocenters.